The maximum atomic E-state index is 14.4. The quantitative estimate of drug-likeness (QED) is 0.151. The van der Waals surface area contributed by atoms with E-state index in [9.17, 15) is 14.6 Å². The van der Waals surface area contributed by atoms with E-state index in [1.165, 1.54) is 12.1 Å². The molecule has 0 amide bonds. The Labute approximate surface area is 235 Å². The summed E-state index contributed by atoms with van der Waals surface area (Å²) in [4.78, 5) is 4.49. The molecule has 0 aliphatic heterocycles. The Kier molecular flexibility index (Phi) is 8.22. The van der Waals surface area contributed by atoms with Crippen molar-refractivity contribution >= 4 is 16.5 Å². The predicted molar refractivity (Wildman–Crippen MR) is 147 cm³/mol. The van der Waals surface area contributed by atoms with Gasteiger partial charge in [-0.2, -0.15) is 0 Å². The Morgan fingerprint density at radius 1 is 0.921 bits per heavy atom. The van der Waals surface area contributed by atoms with Crippen LogP contribution in [0.25, 0.3) is 27.8 Å². The van der Waals surface area contributed by atoms with Gasteiger partial charge in [0.25, 0.3) is 0 Å². The van der Waals surface area contributed by atoms with Gasteiger partial charge < -0.3 is 15.2 Å². The summed E-state index contributed by atoms with van der Waals surface area (Å²) >= 11 is 0. The molecule has 0 saturated heterocycles. The molecule has 1 atom stereocenters. The standard InChI is InChI=1S/C18H13FN.C15H14O2.Ir/c1-18(2)13-7-3-5-11-9-10-20-17(15(11)13)12-6-4-8-14(19)16(12)18;16-14(12-7-3-1-4-8-12)11-15(17)13-9-5-2-6-10-13;/h3-5,7-10H,1-2H3;1-11,14,16-17H;/q-1;;/b;15-11-;. The topological polar surface area (TPSA) is 53.4 Å². The first-order valence-electron chi connectivity index (χ1n) is 12.2. The summed E-state index contributed by atoms with van der Waals surface area (Å²) in [6, 6.07) is 32.9. The van der Waals surface area contributed by atoms with Crippen LogP contribution in [0, 0.1) is 11.9 Å². The van der Waals surface area contributed by atoms with Gasteiger partial charge in [-0.05, 0) is 45.2 Å². The Balaban J connectivity index is 0.000000175. The van der Waals surface area contributed by atoms with Crippen LogP contribution in [-0.4, -0.2) is 15.2 Å². The summed E-state index contributed by atoms with van der Waals surface area (Å²) in [5.41, 5.74) is 4.53. The molecule has 1 unspecified atom stereocenters. The molecule has 1 aromatic heterocycles. The molecule has 6 rings (SSSR count). The van der Waals surface area contributed by atoms with Crippen molar-refractivity contribution in [3.63, 3.8) is 0 Å². The van der Waals surface area contributed by atoms with Crippen LogP contribution in [0.4, 0.5) is 4.39 Å². The third-order valence-corrected chi connectivity index (χ3v) is 6.80. The number of nitrogens with zero attached hydrogens (tertiary/aromatic N) is 1. The number of aliphatic hydroxyl groups excluding tert-OH is 2. The van der Waals surface area contributed by atoms with E-state index in [1.807, 2.05) is 60.7 Å². The van der Waals surface area contributed by atoms with E-state index in [2.05, 4.69) is 37.0 Å². The van der Waals surface area contributed by atoms with Gasteiger partial charge in [-0.15, -0.1) is 23.8 Å². The number of rotatable bonds is 3. The summed E-state index contributed by atoms with van der Waals surface area (Å²) in [6.07, 6.45) is 2.42. The molecule has 0 spiro atoms. The monoisotopic (exact) mass is 681 g/mol. The van der Waals surface area contributed by atoms with Crippen LogP contribution in [0.1, 0.15) is 42.2 Å². The van der Waals surface area contributed by atoms with Gasteiger partial charge in [0.1, 0.15) is 11.9 Å². The van der Waals surface area contributed by atoms with Crippen LogP contribution in [0.15, 0.2) is 109 Å². The van der Waals surface area contributed by atoms with Crippen LogP contribution < -0.4 is 0 Å². The fourth-order valence-corrected chi connectivity index (χ4v) is 4.95. The number of fused-ring (bicyclic) bond motifs is 2. The number of pyridine rings is 1. The van der Waals surface area contributed by atoms with Crippen molar-refractivity contribution < 1.29 is 34.7 Å². The fourth-order valence-electron chi connectivity index (χ4n) is 4.95. The van der Waals surface area contributed by atoms with E-state index in [4.69, 9.17) is 0 Å². The van der Waals surface area contributed by atoms with Crippen molar-refractivity contribution in [2.75, 3.05) is 0 Å². The first-order chi connectivity index (χ1) is 17.9. The molecular weight excluding hydrogens is 654 g/mol. The maximum Gasteiger partial charge on any atom is 0.121 e. The molecule has 0 saturated carbocycles. The van der Waals surface area contributed by atoms with Crippen LogP contribution >= 0.6 is 0 Å². The normalized spacial score (nSPS) is 13.9. The summed E-state index contributed by atoms with van der Waals surface area (Å²) < 4.78 is 14.4. The second-order valence-electron chi connectivity index (χ2n) is 9.54. The molecule has 0 bridgehead atoms. The fraction of sp³-hybridized carbons (Fsp3) is 0.121. The largest absolute Gasteiger partial charge is 0.508 e. The van der Waals surface area contributed by atoms with Crippen LogP contribution in [0.3, 0.4) is 0 Å². The van der Waals surface area contributed by atoms with Gasteiger partial charge in [-0.1, -0.05) is 98.3 Å². The molecule has 193 valence electrons. The first kappa shape index (κ1) is 27.4. The SMILES string of the molecule is CC1(C)c2c([c-]ccc2F)-c2nccc3cccc1c23.O/C(=C\C(O)c1ccccc1)c1ccccc1.[Ir]. The van der Waals surface area contributed by atoms with E-state index in [0.717, 1.165) is 33.2 Å². The first-order valence-corrected chi connectivity index (χ1v) is 12.2. The van der Waals surface area contributed by atoms with Gasteiger partial charge in [-0.3, -0.25) is 0 Å². The van der Waals surface area contributed by atoms with Crippen LogP contribution in [-0.2, 0) is 25.5 Å². The molecule has 4 aromatic carbocycles. The molecule has 5 aromatic rings. The number of aromatic nitrogens is 1. The van der Waals surface area contributed by atoms with Crippen molar-refractivity contribution in [1.29, 1.82) is 0 Å². The van der Waals surface area contributed by atoms with E-state index >= 15 is 0 Å². The average Bonchev–Trinajstić information content (AvgIpc) is 2.93. The van der Waals surface area contributed by atoms with E-state index in [1.54, 1.807) is 24.4 Å². The molecule has 1 aliphatic carbocycles. The van der Waals surface area contributed by atoms with Gasteiger partial charge in [-0.25, -0.2) is 4.39 Å². The second kappa shape index (κ2) is 11.4. The molecule has 1 radical (unpaired) electrons. The maximum absolute atomic E-state index is 14.4. The number of hydrogen-bond donors (Lipinski definition) is 2. The molecule has 2 N–H and O–H groups in total. The zero-order valence-electron chi connectivity index (χ0n) is 21.0. The van der Waals surface area contributed by atoms with E-state index < -0.39 is 6.10 Å². The Hall–Kier alpha value is -3.63. The zero-order chi connectivity index (χ0) is 26.0. The number of hydrogen-bond acceptors (Lipinski definition) is 3. The molecule has 0 fully saturated rings. The third-order valence-electron chi connectivity index (χ3n) is 6.80. The second-order valence-corrected chi connectivity index (χ2v) is 9.54. The Morgan fingerprint density at radius 3 is 2.32 bits per heavy atom. The smallest absolute Gasteiger partial charge is 0.121 e. The molecule has 1 aliphatic rings. The third kappa shape index (κ3) is 5.19. The van der Waals surface area contributed by atoms with Crippen LogP contribution in [0.2, 0.25) is 0 Å². The van der Waals surface area contributed by atoms with Crippen molar-refractivity contribution in [3.05, 3.63) is 143 Å². The molecular formula is C33H27FIrNO2-. The van der Waals surface area contributed by atoms with E-state index in [0.29, 0.717) is 11.1 Å². The van der Waals surface area contributed by atoms with Gasteiger partial charge in [0.15, 0.2) is 0 Å². The summed E-state index contributed by atoms with van der Waals surface area (Å²) in [7, 11) is 0. The zero-order valence-corrected chi connectivity index (χ0v) is 23.4. The minimum atomic E-state index is -0.795. The average molecular weight is 681 g/mol. The Morgan fingerprint density at radius 2 is 1.61 bits per heavy atom. The number of halogens is 1. The molecule has 3 nitrogen and oxygen atoms in total. The molecule has 5 heteroatoms. The number of benzene rings is 4. The molecule has 38 heavy (non-hydrogen) atoms. The van der Waals surface area contributed by atoms with Gasteiger partial charge in [0.05, 0.1) is 0 Å². The summed E-state index contributed by atoms with van der Waals surface area (Å²) in [6.45, 7) is 4.13. The summed E-state index contributed by atoms with van der Waals surface area (Å²) in [5.74, 6) is -0.0981. The van der Waals surface area contributed by atoms with Crippen molar-refractivity contribution in [2.24, 2.45) is 0 Å². The van der Waals surface area contributed by atoms with Gasteiger partial charge in [0, 0.05) is 37.7 Å². The van der Waals surface area contributed by atoms with Crippen LogP contribution in [0.5, 0.6) is 0 Å². The van der Waals surface area contributed by atoms with Crippen molar-refractivity contribution in [3.8, 4) is 11.3 Å². The minimum Gasteiger partial charge on any atom is -0.508 e. The van der Waals surface area contributed by atoms with Crippen molar-refractivity contribution in [1.82, 2.24) is 4.98 Å². The molecule has 1 heterocycles. The number of aliphatic hydroxyl groups is 2. The predicted octanol–water partition coefficient (Wildman–Crippen LogP) is 7.80. The van der Waals surface area contributed by atoms with Gasteiger partial charge >= 0.3 is 0 Å². The van der Waals surface area contributed by atoms with Gasteiger partial charge in [0.2, 0.25) is 0 Å². The Bertz CT molecular complexity index is 1580. The summed E-state index contributed by atoms with van der Waals surface area (Å²) in [5, 5.41) is 22.0. The van der Waals surface area contributed by atoms with E-state index in [-0.39, 0.29) is 37.1 Å². The minimum absolute atomic E-state index is 0. The van der Waals surface area contributed by atoms with Crippen molar-refractivity contribution in [2.45, 2.75) is 25.4 Å².